The monoisotopic (exact) mass is 293 g/mol. The molecule has 1 aliphatic heterocycles. The van der Waals surface area contributed by atoms with Crippen molar-refractivity contribution in [2.75, 3.05) is 20.3 Å². The topological polar surface area (TPSA) is 84.9 Å². The van der Waals surface area contributed by atoms with Crippen molar-refractivity contribution in [1.82, 2.24) is 5.32 Å². The molecule has 6 heteroatoms. The van der Waals surface area contributed by atoms with Gasteiger partial charge in [0.2, 0.25) is 5.91 Å². The van der Waals surface area contributed by atoms with Crippen molar-refractivity contribution in [1.29, 1.82) is 0 Å². The van der Waals surface area contributed by atoms with E-state index >= 15 is 0 Å². The number of aliphatic carboxylic acids is 1. The molecule has 0 aromatic heterocycles. The summed E-state index contributed by atoms with van der Waals surface area (Å²) in [5.41, 5.74) is -0.498. The van der Waals surface area contributed by atoms with Crippen molar-refractivity contribution in [2.24, 2.45) is 0 Å². The fourth-order valence-electron chi connectivity index (χ4n) is 2.45. The van der Waals surface area contributed by atoms with Crippen molar-refractivity contribution >= 4 is 11.9 Å². The van der Waals surface area contributed by atoms with Gasteiger partial charge >= 0.3 is 5.97 Å². The van der Waals surface area contributed by atoms with Crippen LogP contribution >= 0.6 is 0 Å². The van der Waals surface area contributed by atoms with E-state index in [0.29, 0.717) is 19.0 Å². The van der Waals surface area contributed by atoms with Crippen LogP contribution in [0.2, 0.25) is 0 Å². The molecule has 0 saturated carbocycles. The summed E-state index contributed by atoms with van der Waals surface area (Å²) in [5, 5.41) is 12.1. The minimum absolute atomic E-state index is 0.0832. The minimum Gasteiger partial charge on any atom is -0.496 e. The second kappa shape index (κ2) is 6.58. The highest BCUT2D eigenvalue weighted by molar-refractivity contribution is 5.88. The number of carboxylic acid groups (broad SMARTS) is 1. The molecule has 0 unspecified atom stereocenters. The molecule has 1 amide bonds. The van der Waals surface area contributed by atoms with Crippen molar-refractivity contribution in [2.45, 2.75) is 24.8 Å². The lowest BCUT2D eigenvalue weighted by Gasteiger charge is -2.33. The van der Waals surface area contributed by atoms with Crippen LogP contribution in [0.25, 0.3) is 0 Å². The van der Waals surface area contributed by atoms with E-state index in [4.69, 9.17) is 9.47 Å². The van der Waals surface area contributed by atoms with Crippen LogP contribution in [0.3, 0.4) is 0 Å². The van der Waals surface area contributed by atoms with E-state index in [0.717, 1.165) is 5.56 Å². The highest BCUT2D eigenvalue weighted by Crippen LogP contribution is 2.22. The number of carbonyl (C=O) groups excluding carboxylic acids is 1. The molecule has 6 nitrogen and oxygen atoms in total. The van der Waals surface area contributed by atoms with E-state index in [1.54, 1.807) is 12.1 Å². The summed E-state index contributed by atoms with van der Waals surface area (Å²) in [6.45, 7) is 0.669. The van der Waals surface area contributed by atoms with Gasteiger partial charge in [-0.1, -0.05) is 18.2 Å². The summed E-state index contributed by atoms with van der Waals surface area (Å²) >= 11 is 0. The van der Waals surface area contributed by atoms with Crippen LogP contribution in [0.1, 0.15) is 18.4 Å². The Morgan fingerprint density at radius 2 is 2.00 bits per heavy atom. The van der Waals surface area contributed by atoms with Gasteiger partial charge in [-0.2, -0.15) is 0 Å². The Morgan fingerprint density at radius 3 is 2.62 bits per heavy atom. The maximum atomic E-state index is 12.2. The number of benzene rings is 1. The van der Waals surface area contributed by atoms with Crippen LogP contribution in [-0.4, -0.2) is 42.8 Å². The molecule has 2 rings (SSSR count). The summed E-state index contributed by atoms with van der Waals surface area (Å²) in [4.78, 5) is 23.7. The molecule has 0 atom stereocenters. The van der Waals surface area contributed by atoms with Gasteiger partial charge in [0.25, 0.3) is 0 Å². The van der Waals surface area contributed by atoms with Crippen LogP contribution in [0.5, 0.6) is 5.75 Å². The largest absolute Gasteiger partial charge is 0.496 e. The van der Waals surface area contributed by atoms with Crippen LogP contribution < -0.4 is 10.1 Å². The van der Waals surface area contributed by atoms with E-state index < -0.39 is 11.5 Å². The van der Waals surface area contributed by atoms with Crippen LogP contribution in [0.15, 0.2) is 24.3 Å². The molecule has 1 aliphatic rings. The number of para-hydroxylation sites is 1. The summed E-state index contributed by atoms with van der Waals surface area (Å²) in [6.07, 6.45) is 0.639. The van der Waals surface area contributed by atoms with Gasteiger partial charge in [0.05, 0.1) is 13.5 Å². The van der Waals surface area contributed by atoms with E-state index in [1.807, 2.05) is 12.1 Å². The molecular weight excluding hydrogens is 274 g/mol. The average molecular weight is 293 g/mol. The summed E-state index contributed by atoms with van der Waals surface area (Å²) in [6, 6.07) is 7.18. The fourth-order valence-corrected chi connectivity index (χ4v) is 2.45. The first kappa shape index (κ1) is 15.3. The Balaban J connectivity index is 2.07. The van der Waals surface area contributed by atoms with E-state index in [-0.39, 0.29) is 25.2 Å². The third kappa shape index (κ3) is 3.52. The second-order valence-electron chi connectivity index (χ2n) is 5.04. The quantitative estimate of drug-likeness (QED) is 0.845. The maximum Gasteiger partial charge on any atom is 0.329 e. The molecule has 21 heavy (non-hydrogen) atoms. The van der Waals surface area contributed by atoms with Gasteiger partial charge in [-0.05, 0) is 6.07 Å². The SMILES string of the molecule is COc1ccccc1CC(=O)NC1(C(=O)O)CCOCC1. The normalized spacial score (nSPS) is 17.0. The Bertz CT molecular complexity index is 523. The molecular formula is C15H19NO5. The lowest BCUT2D eigenvalue weighted by Crippen LogP contribution is -2.57. The molecule has 1 aromatic carbocycles. The first-order valence-electron chi connectivity index (χ1n) is 6.81. The molecule has 0 bridgehead atoms. The van der Waals surface area contributed by atoms with Gasteiger partial charge < -0.3 is 19.9 Å². The Morgan fingerprint density at radius 1 is 1.33 bits per heavy atom. The molecule has 1 heterocycles. The summed E-state index contributed by atoms with van der Waals surface area (Å²) in [7, 11) is 1.54. The Hall–Kier alpha value is -2.08. The molecule has 0 spiro atoms. The summed E-state index contributed by atoms with van der Waals surface area (Å²) in [5.74, 6) is -0.730. The third-order valence-electron chi connectivity index (χ3n) is 3.68. The number of amides is 1. The predicted molar refractivity (Wildman–Crippen MR) is 75.3 cm³/mol. The Labute approximate surface area is 123 Å². The lowest BCUT2D eigenvalue weighted by atomic mass is 9.89. The molecule has 114 valence electrons. The molecule has 0 radical (unpaired) electrons. The smallest absolute Gasteiger partial charge is 0.329 e. The van der Waals surface area contributed by atoms with Gasteiger partial charge in [-0.25, -0.2) is 4.79 Å². The molecule has 0 aliphatic carbocycles. The maximum absolute atomic E-state index is 12.2. The standard InChI is InChI=1S/C15H19NO5/c1-20-12-5-3-2-4-11(12)10-13(17)16-15(14(18)19)6-8-21-9-7-15/h2-5H,6-10H2,1H3,(H,16,17)(H,18,19). The molecule has 2 N–H and O–H groups in total. The second-order valence-corrected chi connectivity index (χ2v) is 5.04. The lowest BCUT2D eigenvalue weighted by molar-refractivity contribution is -0.152. The van der Waals surface area contributed by atoms with Gasteiger partial charge in [-0.15, -0.1) is 0 Å². The van der Waals surface area contributed by atoms with Crippen molar-refractivity contribution < 1.29 is 24.2 Å². The van der Waals surface area contributed by atoms with Gasteiger partial charge in [0.1, 0.15) is 11.3 Å². The van der Waals surface area contributed by atoms with Gasteiger partial charge in [-0.3, -0.25) is 4.79 Å². The zero-order valence-corrected chi connectivity index (χ0v) is 11.9. The van der Waals surface area contributed by atoms with Gasteiger partial charge in [0.15, 0.2) is 0 Å². The van der Waals surface area contributed by atoms with E-state index in [1.165, 1.54) is 7.11 Å². The van der Waals surface area contributed by atoms with Crippen molar-refractivity contribution in [3.63, 3.8) is 0 Å². The number of nitrogens with one attached hydrogen (secondary N) is 1. The molecule has 1 saturated heterocycles. The zero-order chi connectivity index (χ0) is 15.3. The predicted octanol–water partition coefficient (Wildman–Crippen LogP) is 0.988. The number of methoxy groups -OCH3 is 1. The average Bonchev–Trinajstić information content (AvgIpc) is 2.48. The number of carboxylic acids is 1. The zero-order valence-electron chi connectivity index (χ0n) is 11.9. The van der Waals surface area contributed by atoms with E-state index in [9.17, 15) is 14.7 Å². The number of ether oxygens (including phenoxy) is 2. The number of rotatable bonds is 5. The Kier molecular flexibility index (Phi) is 4.80. The number of carbonyl (C=O) groups is 2. The molecule has 1 aromatic rings. The van der Waals surface area contributed by atoms with Crippen molar-refractivity contribution in [3.8, 4) is 5.75 Å². The molecule has 1 fully saturated rings. The number of hydrogen-bond donors (Lipinski definition) is 2. The highest BCUT2D eigenvalue weighted by Gasteiger charge is 2.41. The first-order chi connectivity index (χ1) is 10.1. The fraction of sp³-hybridized carbons (Fsp3) is 0.467. The van der Waals surface area contributed by atoms with Crippen LogP contribution in [0.4, 0.5) is 0 Å². The highest BCUT2D eigenvalue weighted by atomic mass is 16.5. The first-order valence-corrected chi connectivity index (χ1v) is 6.81. The van der Waals surface area contributed by atoms with Crippen molar-refractivity contribution in [3.05, 3.63) is 29.8 Å². The van der Waals surface area contributed by atoms with Crippen LogP contribution in [0, 0.1) is 0 Å². The van der Waals surface area contributed by atoms with Gasteiger partial charge in [0, 0.05) is 31.6 Å². The third-order valence-corrected chi connectivity index (χ3v) is 3.68. The minimum atomic E-state index is -1.22. The van der Waals surface area contributed by atoms with Crippen LogP contribution in [-0.2, 0) is 20.7 Å². The van der Waals surface area contributed by atoms with E-state index in [2.05, 4.69) is 5.32 Å². The summed E-state index contributed by atoms with van der Waals surface area (Å²) < 4.78 is 10.4. The number of hydrogen-bond acceptors (Lipinski definition) is 4.